The Kier molecular flexibility index (Phi) is 36.9. The molecule has 0 aromatic heterocycles. The second kappa shape index (κ2) is 38.5. The van der Waals surface area contributed by atoms with Gasteiger partial charge in [0.1, 0.15) is 36.4 Å². The van der Waals surface area contributed by atoms with Gasteiger partial charge in [-0.25, -0.2) is 19.4 Å². The standard InChI is InChI=1S/C25H28ClNO3.C19H18ClNO.C6H10O3.C4H6O4.C2H4O2.CH2Cl2.B.K.Na.H/c1-25(2,24(28)29-3)16-27-12-10-17(11-13-27)23-20-9-8-19(26)14-18(20)15-30-22-7-5-4-6-21(22)23;20-15-5-6-16-14(11-15)12-22-18-4-2-1-3-17(18)19(16)13-7-9-21-10-8-13;1-6(2,4-7)5(8)9-3;1-3(5)7-8-4(2)6;1-2(3)4;2-1-3;;;;/h4-9,14H,10-13,15-16H2,1-3H3;1-6,11,21H,7-10,12H2;4H,1-3H3;1-2H3;1H3,(H,3,4);1H2;;;;/q;;;;;;;2*+1;-1/p-1. The minimum absolute atomic E-state index is 0. The summed E-state index contributed by atoms with van der Waals surface area (Å²) in [6.07, 6.45) is 4.67. The third-order valence-electron chi connectivity index (χ3n) is 11.8. The SMILES string of the molecule is CC(=O)OOC(C)=O.CC(=O)[O-].COC(=O)C(C)(C)C=O.COC(=O)C(C)(C)CN1CCC(=C2c3ccc(Cl)cc3COc3ccccc32)CC1.ClCCl.Clc1ccc2c(c1)COc1ccccc1C2=C1CCNCC1.[B].[H-].[K+].[Na+]. The molecule has 2 saturated heterocycles. The Bertz CT molecular complexity index is 2700. The Balaban J connectivity index is 0. The summed E-state index contributed by atoms with van der Waals surface area (Å²) in [6.45, 7) is 15.9. The van der Waals surface area contributed by atoms with E-state index in [0.29, 0.717) is 26.0 Å². The number of methoxy groups -OCH3 is 2. The molecule has 8 rings (SSSR count). The van der Waals surface area contributed by atoms with E-state index < -0.39 is 34.7 Å². The van der Waals surface area contributed by atoms with E-state index >= 15 is 0 Å². The predicted octanol–water partition coefficient (Wildman–Crippen LogP) is 4.08. The largest absolute Gasteiger partial charge is 1.00 e. The van der Waals surface area contributed by atoms with E-state index in [2.05, 4.69) is 67.2 Å². The third-order valence-corrected chi connectivity index (χ3v) is 12.2. The topological polar surface area (TPSA) is 196 Å². The molecule has 15 nitrogen and oxygen atoms in total. The number of carboxylic acid groups (broad SMARTS) is 1. The number of hydrogen-bond donors (Lipinski definition) is 1. The predicted molar refractivity (Wildman–Crippen MR) is 300 cm³/mol. The van der Waals surface area contributed by atoms with Gasteiger partial charge in [-0.2, -0.15) is 0 Å². The first kappa shape index (κ1) is 75.8. The summed E-state index contributed by atoms with van der Waals surface area (Å²) in [6, 6.07) is 28.9. The molecule has 4 heterocycles. The molecule has 0 bridgehead atoms. The molecule has 0 atom stereocenters. The van der Waals surface area contributed by atoms with E-state index in [1.54, 1.807) is 0 Å². The van der Waals surface area contributed by atoms with Crippen LogP contribution in [0.4, 0.5) is 0 Å². The number of aliphatic carboxylic acids is 1. The van der Waals surface area contributed by atoms with Crippen molar-refractivity contribution in [3.63, 3.8) is 0 Å². The van der Waals surface area contributed by atoms with Gasteiger partial charge in [0.05, 0.1) is 25.0 Å². The van der Waals surface area contributed by atoms with Crippen LogP contribution in [0.15, 0.2) is 96.1 Å². The van der Waals surface area contributed by atoms with Crippen LogP contribution >= 0.6 is 46.4 Å². The van der Waals surface area contributed by atoms with Gasteiger partial charge >= 0.3 is 105 Å². The summed E-state index contributed by atoms with van der Waals surface area (Å²) in [5.41, 5.74) is 11.2. The molecule has 0 saturated carbocycles. The van der Waals surface area contributed by atoms with Gasteiger partial charge in [0, 0.05) is 69.0 Å². The molecule has 0 unspecified atom stereocenters. The summed E-state index contributed by atoms with van der Waals surface area (Å²) >= 11 is 22.0. The summed E-state index contributed by atoms with van der Waals surface area (Å²) in [5, 5.41) is 14.0. The van der Waals surface area contributed by atoms with Crippen molar-refractivity contribution in [2.24, 2.45) is 10.8 Å². The Labute approximate surface area is 552 Å². The maximum atomic E-state index is 12.1. The van der Waals surface area contributed by atoms with Crippen LogP contribution in [0.5, 0.6) is 11.5 Å². The number of nitrogens with one attached hydrogen (secondary N) is 1. The van der Waals surface area contributed by atoms with Gasteiger partial charge in [0.2, 0.25) is 0 Å². The molecule has 0 spiro atoms. The van der Waals surface area contributed by atoms with E-state index in [1.807, 2.05) is 56.3 Å². The molecule has 4 aromatic rings. The first-order valence-electron chi connectivity index (χ1n) is 24.2. The third kappa shape index (κ3) is 25.0. The van der Waals surface area contributed by atoms with Crippen molar-refractivity contribution in [2.45, 2.75) is 87.4 Å². The smallest absolute Gasteiger partial charge is 1.00 e. The van der Waals surface area contributed by atoms with E-state index in [9.17, 15) is 24.0 Å². The molecule has 0 amide bonds. The Hall–Kier alpha value is -3.24. The van der Waals surface area contributed by atoms with Crippen molar-refractivity contribution in [1.82, 2.24) is 10.2 Å². The van der Waals surface area contributed by atoms with Crippen LogP contribution < -0.4 is 101 Å². The van der Waals surface area contributed by atoms with Crippen LogP contribution in [-0.4, -0.2) is 102 Å². The number of hydrogen-bond acceptors (Lipinski definition) is 15. The molecule has 4 aliphatic heterocycles. The molecule has 1 N–H and O–H groups in total. The number of piperidine rings is 2. The Morgan fingerprint density at radius 2 is 1.05 bits per heavy atom. The fraction of sp³-hybridized carbons (Fsp3) is 0.404. The monoisotopic (exact) mass is 1200 g/mol. The molecular weight excluding hydrogens is 1140 g/mol. The number of carbonyl (C=O) groups is 6. The second-order valence-electron chi connectivity index (χ2n) is 18.6. The fourth-order valence-electron chi connectivity index (χ4n) is 8.35. The van der Waals surface area contributed by atoms with E-state index in [1.165, 1.54) is 72.6 Å². The van der Waals surface area contributed by atoms with E-state index in [4.69, 9.17) is 70.5 Å². The van der Waals surface area contributed by atoms with Crippen molar-refractivity contribution in [1.29, 1.82) is 0 Å². The number of halogens is 4. The van der Waals surface area contributed by atoms with Crippen molar-refractivity contribution < 1.29 is 145 Å². The number of para-hydroxylation sites is 2. The summed E-state index contributed by atoms with van der Waals surface area (Å²) < 4.78 is 21.5. The summed E-state index contributed by atoms with van der Waals surface area (Å²) in [7, 11) is 2.71. The first-order valence-corrected chi connectivity index (χ1v) is 26.0. The molecule has 4 aromatic carbocycles. The number of nitrogens with zero attached hydrogens (tertiary/aromatic N) is 1. The number of likely N-dealkylation sites (tertiary alicyclic amines) is 1. The molecular formula is C57H68BCl4KN2NaO13. The molecule has 22 heteroatoms. The average molecular weight is 1200 g/mol. The van der Waals surface area contributed by atoms with E-state index in [0.717, 1.165) is 105 Å². The zero-order chi connectivity index (χ0) is 56.6. The fourth-order valence-corrected chi connectivity index (χ4v) is 8.74. The normalized spacial score (nSPS) is 13.8. The van der Waals surface area contributed by atoms with Gasteiger partial charge in [-0.1, -0.05) is 82.9 Å². The van der Waals surface area contributed by atoms with Gasteiger partial charge in [-0.3, -0.25) is 9.59 Å². The van der Waals surface area contributed by atoms with Crippen LogP contribution in [0.1, 0.15) is 109 Å². The van der Waals surface area contributed by atoms with Crippen LogP contribution in [0.2, 0.25) is 10.0 Å². The van der Waals surface area contributed by atoms with Crippen LogP contribution in [0.25, 0.3) is 11.1 Å². The summed E-state index contributed by atoms with van der Waals surface area (Å²) in [5.74, 6) is -1.14. The van der Waals surface area contributed by atoms with Crippen molar-refractivity contribution in [3.05, 3.63) is 140 Å². The molecule has 3 radical (unpaired) electrons. The van der Waals surface area contributed by atoms with Crippen molar-refractivity contribution >= 4 is 102 Å². The second-order valence-corrected chi connectivity index (χ2v) is 20.3. The van der Waals surface area contributed by atoms with Gasteiger partial charge in [0.15, 0.2) is 0 Å². The van der Waals surface area contributed by atoms with Crippen molar-refractivity contribution in [2.75, 3.05) is 52.3 Å². The number of ether oxygens (including phenoxy) is 4. The summed E-state index contributed by atoms with van der Waals surface area (Å²) in [4.78, 5) is 71.4. The molecule has 79 heavy (non-hydrogen) atoms. The van der Waals surface area contributed by atoms with Crippen LogP contribution in [0, 0.1) is 10.8 Å². The van der Waals surface area contributed by atoms with Gasteiger partial charge in [0.25, 0.3) is 0 Å². The van der Waals surface area contributed by atoms with Crippen molar-refractivity contribution in [3.8, 4) is 11.5 Å². The zero-order valence-corrected chi connectivity index (χ0v) is 55.1. The average Bonchev–Trinajstić information content (AvgIpc) is 3.66. The molecule has 2 fully saturated rings. The molecule has 4 aliphatic rings. The van der Waals surface area contributed by atoms with Crippen LogP contribution in [0.3, 0.4) is 0 Å². The number of esters is 2. The van der Waals surface area contributed by atoms with Gasteiger partial charge in [-0.05, 0) is 143 Å². The number of aldehydes is 1. The number of alkyl halides is 2. The minimum Gasteiger partial charge on any atom is -1.00 e. The number of carboxylic acids is 1. The number of carbonyl (C=O) groups excluding carboxylic acids is 6. The van der Waals surface area contributed by atoms with Crippen LogP contribution in [-0.2, 0) is 61.2 Å². The van der Waals surface area contributed by atoms with Gasteiger partial charge in [-0.15, -0.1) is 23.2 Å². The quantitative estimate of drug-likeness (QED) is 0.0571. The molecule has 417 valence electrons. The Morgan fingerprint density at radius 3 is 1.41 bits per heavy atom. The number of benzene rings is 4. The number of fused-ring (bicyclic) bond motifs is 4. The Morgan fingerprint density at radius 1 is 0.671 bits per heavy atom. The maximum Gasteiger partial charge on any atom is 1.00 e. The molecule has 0 aliphatic carbocycles. The van der Waals surface area contributed by atoms with Gasteiger partial charge < -0.3 is 45.3 Å². The van der Waals surface area contributed by atoms with E-state index in [-0.39, 0.29) is 102 Å². The minimum atomic E-state index is -1.08. The first-order chi connectivity index (χ1) is 36.0. The number of rotatable bonds is 5. The zero-order valence-electron chi connectivity index (χ0n) is 48.0. The maximum absolute atomic E-state index is 12.1.